The van der Waals surface area contributed by atoms with Gasteiger partial charge in [0.15, 0.2) is 0 Å². The molecule has 14 heavy (non-hydrogen) atoms. The zero-order chi connectivity index (χ0) is 9.64. The standard InChI is InChI=1S/C10H8N4/c1-2-5-9(6-3-1)13-14-10-11-7-4-8-12-10/h1-8H. The average Bonchev–Trinajstić information content (AvgIpc) is 2.29. The van der Waals surface area contributed by atoms with E-state index in [1.54, 1.807) is 18.5 Å². The van der Waals surface area contributed by atoms with Gasteiger partial charge in [-0.15, -0.1) is 10.2 Å². The molecule has 0 atom stereocenters. The highest BCUT2D eigenvalue weighted by Crippen LogP contribution is 2.12. The van der Waals surface area contributed by atoms with Gasteiger partial charge >= 0.3 is 0 Å². The Labute approximate surface area is 81.4 Å². The molecule has 0 aliphatic heterocycles. The van der Waals surface area contributed by atoms with Crippen LogP contribution in [0.3, 0.4) is 0 Å². The molecular formula is C10H8N4. The van der Waals surface area contributed by atoms with Gasteiger partial charge in [0.25, 0.3) is 5.95 Å². The van der Waals surface area contributed by atoms with E-state index < -0.39 is 0 Å². The number of rotatable bonds is 2. The Bertz CT molecular complexity index is 369. The third kappa shape index (κ3) is 2.20. The normalized spacial score (nSPS) is 10.6. The molecule has 1 heterocycles. The molecule has 0 fully saturated rings. The molecule has 68 valence electrons. The van der Waals surface area contributed by atoms with Crippen molar-refractivity contribution >= 4 is 11.6 Å². The minimum Gasteiger partial charge on any atom is -0.218 e. The lowest BCUT2D eigenvalue weighted by atomic mass is 10.3. The van der Waals surface area contributed by atoms with Crippen molar-refractivity contribution in [3.8, 4) is 0 Å². The predicted octanol–water partition coefficient (Wildman–Crippen LogP) is 2.89. The van der Waals surface area contributed by atoms with Gasteiger partial charge in [-0.3, -0.25) is 0 Å². The molecule has 0 saturated carbocycles. The summed E-state index contributed by atoms with van der Waals surface area (Å²) < 4.78 is 0. The summed E-state index contributed by atoms with van der Waals surface area (Å²) in [5.41, 5.74) is 0.792. The van der Waals surface area contributed by atoms with Crippen LogP contribution in [0.15, 0.2) is 59.0 Å². The maximum absolute atomic E-state index is 3.98. The molecule has 0 unspecified atom stereocenters. The maximum atomic E-state index is 3.98. The van der Waals surface area contributed by atoms with Gasteiger partial charge in [0.1, 0.15) is 0 Å². The summed E-state index contributed by atoms with van der Waals surface area (Å²) in [5.74, 6) is 0.372. The van der Waals surface area contributed by atoms with Gasteiger partial charge in [-0.2, -0.15) is 0 Å². The Morgan fingerprint density at radius 2 is 1.50 bits per heavy atom. The first-order chi connectivity index (χ1) is 6.95. The van der Waals surface area contributed by atoms with Gasteiger partial charge in [-0.1, -0.05) is 18.2 Å². The molecule has 1 aromatic heterocycles. The molecule has 0 bridgehead atoms. The van der Waals surface area contributed by atoms with Crippen molar-refractivity contribution in [2.75, 3.05) is 0 Å². The lowest BCUT2D eigenvalue weighted by molar-refractivity contribution is 1.07. The molecular weight excluding hydrogens is 176 g/mol. The van der Waals surface area contributed by atoms with Crippen molar-refractivity contribution in [1.29, 1.82) is 0 Å². The third-order valence-corrected chi connectivity index (χ3v) is 1.56. The van der Waals surface area contributed by atoms with Crippen LogP contribution < -0.4 is 0 Å². The third-order valence-electron chi connectivity index (χ3n) is 1.56. The van der Waals surface area contributed by atoms with Gasteiger partial charge in [-0.25, -0.2) is 9.97 Å². The van der Waals surface area contributed by atoms with Crippen LogP contribution in [0.25, 0.3) is 0 Å². The maximum Gasteiger partial charge on any atom is 0.268 e. The molecule has 4 nitrogen and oxygen atoms in total. The number of hydrogen-bond donors (Lipinski definition) is 0. The van der Waals surface area contributed by atoms with Crippen LogP contribution >= 0.6 is 0 Å². The minimum absolute atomic E-state index is 0.372. The van der Waals surface area contributed by atoms with Gasteiger partial charge in [0.2, 0.25) is 0 Å². The summed E-state index contributed by atoms with van der Waals surface area (Å²) in [7, 11) is 0. The summed E-state index contributed by atoms with van der Waals surface area (Å²) in [6, 6.07) is 11.2. The van der Waals surface area contributed by atoms with E-state index in [4.69, 9.17) is 0 Å². The van der Waals surface area contributed by atoms with Crippen LogP contribution in [-0.4, -0.2) is 9.97 Å². The van der Waals surface area contributed by atoms with Crippen LogP contribution in [0.1, 0.15) is 0 Å². The highest BCUT2D eigenvalue weighted by molar-refractivity contribution is 5.35. The van der Waals surface area contributed by atoms with E-state index in [1.165, 1.54) is 0 Å². The SMILES string of the molecule is c1ccc(N=Nc2ncccn2)cc1. The molecule has 4 heteroatoms. The van der Waals surface area contributed by atoms with Crippen molar-refractivity contribution in [1.82, 2.24) is 9.97 Å². The van der Waals surface area contributed by atoms with Crippen molar-refractivity contribution in [3.05, 3.63) is 48.8 Å². The van der Waals surface area contributed by atoms with Crippen LogP contribution in [0, 0.1) is 0 Å². The van der Waals surface area contributed by atoms with E-state index >= 15 is 0 Å². The first kappa shape index (κ1) is 8.50. The quantitative estimate of drug-likeness (QED) is 0.674. The summed E-state index contributed by atoms with van der Waals surface area (Å²) in [6.45, 7) is 0. The number of nitrogens with zero attached hydrogens (tertiary/aromatic N) is 4. The second kappa shape index (κ2) is 4.23. The van der Waals surface area contributed by atoms with Gasteiger partial charge in [-0.05, 0) is 18.2 Å². The molecule has 0 aliphatic rings. The summed E-state index contributed by atoms with van der Waals surface area (Å²) in [6.07, 6.45) is 3.26. The van der Waals surface area contributed by atoms with E-state index in [0.717, 1.165) is 5.69 Å². The second-order valence-corrected chi connectivity index (χ2v) is 2.58. The zero-order valence-electron chi connectivity index (χ0n) is 7.41. The van der Waals surface area contributed by atoms with Gasteiger partial charge in [0.05, 0.1) is 5.69 Å². The zero-order valence-corrected chi connectivity index (χ0v) is 7.41. The molecule has 1 aromatic carbocycles. The van der Waals surface area contributed by atoms with Crippen LogP contribution in [0.4, 0.5) is 11.6 Å². The van der Waals surface area contributed by atoms with Crippen LogP contribution in [-0.2, 0) is 0 Å². The van der Waals surface area contributed by atoms with Crippen molar-refractivity contribution in [2.24, 2.45) is 10.2 Å². The fourth-order valence-electron chi connectivity index (χ4n) is 0.940. The summed E-state index contributed by atoms with van der Waals surface area (Å²) in [4.78, 5) is 7.84. The average molecular weight is 184 g/mol. The molecule has 2 aromatic rings. The van der Waals surface area contributed by atoms with E-state index in [2.05, 4.69) is 20.2 Å². The van der Waals surface area contributed by atoms with E-state index in [1.807, 2.05) is 30.3 Å². The molecule has 0 N–H and O–H groups in total. The Hall–Kier alpha value is -2.10. The van der Waals surface area contributed by atoms with E-state index in [9.17, 15) is 0 Å². The van der Waals surface area contributed by atoms with Crippen molar-refractivity contribution < 1.29 is 0 Å². The molecule has 0 amide bonds. The Kier molecular flexibility index (Phi) is 2.56. The first-order valence-electron chi connectivity index (χ1n) is 4.19. The number of azo groups is 1. The topological polar surface area (TPSA) is 50.5 Å². The number of benzene rings is 1. The highest BCUT2D eigenvalue weighted by Gasteiger charge is 1.89. The molecule has 2 rings (SSSR count). The number of hydrogen-bond acceptors (Lipinski definition) is 4. The molecule has 0 spiro atoms. The Morgan fingerprint density at radius 3 is 2.21 bits per heavy atom. The Morgan fingerprint density at radius 1 is 0.786 bits per heavy atom. The lowest BCUT2D eigenvalue weighted by Gasteiger charge is -1.89. The fraction of sp³-hybridized carbons (Fsp3) is 0. The molecule has 0 radical (unpaired) electrons. The summed E-state index contributed by atoms with van der Waals surface area (Å²) in [5, 5.41) is 7.86. The predicted molar refractivity (Wildman–Crippen MR) is 52.7 cm³/mol. The minimum atomic E-state index is 0.372. The molecule has 0 aliphatic carbocycles. The monoisotopic (exact) mass is 184 g/mol. The largest absolute Gasteiger partial charge is 0.268 e. The van der Waals surface area contributed by atoms with Gasteiger partial charge in [0, 0.05) is 12.4 Å². The highest BCUT2D eigenvalue weighted by atomic mass is 15.2. The Balaban J connectivity index is 2.16. The number of aromatic nitrogens is 2. The van der Waals surface area contributed by atoms with E-state index in [0.29, 0.717) is 5.95 Å². The van der Waals surface area contributed by atoms with Crippen molar-refractivity contribution in [2.45, 2.75) is 0 Å². The summed E-state index contributed by atoms with van der Waals surface area (Å²) >= 11 is 0. The van der Waals surface area contributed by atoms with Crippen molar-refractivity contribution in [3.63, 3.8) is 0 Å². The second-order valence-electron chi connectivity index (χ2n) is 2.58. The van der Waals surface area contributed by atoms with E-state index in [-0.39, 0.29) is 0 Å². The van der Waals surface area contributed by atoms with Crippen LogP contribution in [0.5, 0.6) is 0 Å². The van der Waals surface area contributed by atoms with Gasteiger partial charge < -0.3 is 0 Å². The molecule has 0 saturated heterocycles. The lowest BCUT2D eigenvalue weighted by Crippen LogP contribution is -1.75. The first-order valence-corrected chi connectivity index (χ1v) is 4.19. The fourth-order valence-corrected chi connectivity index (χ4v) is 0.940. The van der Waals surface area contributed by atoms with Crippen LogP contribution in [0.2, 0.25) is 0 Å². The smallest absolute Gasteiger partial charge is 0.218 e.